The smallest absolute Gasteiger partial charge is 0.273 e. The Morgan fingerprint density at radius 2 is 1.88 bits per heavy atom. The number of carbonyl (C=O) groups is 2. The lowest BCUT2D eigenvalue weighted by molar-refractivity contribution is -0.123. The summed E-state index contributed by atoms with van der Waals surface area (Å²) in [6, 6.07) is 10.9. The Morgan fingerprint density at radius 1 is 1.09 bits per heavy atom. The molecule has 4 rings (SSSR count). The molecule has 2 amide bonds. The zero-order chi connectivity index (χ0) is 22.5. The minimum Gasteiger partial charge on any atom is -0.496 e. The van der Waals surface area contributed by atoms with E-state index in [1.807, 2.05) is 18.2 Å². The van der Waals surface area contributed by atoms with Gasteiger partial charge in [-0.05, 0) is 48.7 Å². The molecule has 2 aromatic rings. The minimum atomic E-state index is -0.499. The van der Waals surface area contributed by atoms with Crippen molar-refractivity contribution in [3.63, 3.8) is 0 Å². The van der Waals surface area contributed by atoms with E-state index in [4.69, 9.17) is 25.8 Å². The fraction of sp³-hybridized carbons (Fsp3) is 0.391. The van der Waals surface area contributed by atoms with Crippen LogP contribution in [0.5, 0.6) is 17.2 Å². The minimum absolute atomic E-state index is 0.159. The lowest BCUT2D eigenvalue weighted by Crippen LogP contribution is -2.48. The summed E-state index contributed by atoms with van der Waals surface area (Å²) >= 11 is 5.99. The number of ether oxygens (including phenoxy) is 3. The molecule has 0 radical (unpaired) electrons. The third-order valence-corrected chi connectivity index (χ3v) is 5.97. The average Bonchev–Trinajstić information content (AvgIpc) is 3.49. The van der Waals surface area contributed by atoms with E-state index >= 15 is 0 Å². The molecule has 32 heavy (non-hydrogen) atoms. The highest BCUT2D eigenvalue weighted by Crippen LogP contribution is 2.33. The first kappa shape index (κ1) is 22.2. The van der Waals surface area contributed by atoms with Crippen LogP contribution in [0.3, 0.4) is 0 Å². The van der Waals surface area contributed by atoms with Crippen LogP contribution in [-0.4, -0.2) is 43.2 Å². The van der Waals surface area contributed by atoms with Crippen LogP contribution in [0.2, 0.25) is 5.02 Å². The van der Waals surface area contributed by atoms with Gasteiger partial charge in [0, 0.05) is 17.6 Å². The number of amides is 2. The van der Waals surface area contributed by atoms with Crippen molar-refractivity contribution in [2.24, 2.45) is 0 Å². The number of hydrazine groups is 1. The van der Waals surface area contributed by atoms with Crippen LogP contribution in [0.4, 0.5) is 0 Å². The van der Waals surface area contributed by atoms with Crippen LogP contribution in [0.15, 0.2) is 36.4 Å². The lowest BCUT2D eigenvalue weighted by atomic mass is 10.1. The Balaban J connectivity index is 1.38. The van der Waals surface area contributed by atoms with E-state index in [0.717, 1.165) is 42.7 Å². The monoisotopic (exact) mass is 459 g/mol. The van der Waals surface area contributed by atoms with Gasteiger partial charge in [-0.3, -0.25) is 25.3 Å². The summed E-state index contributed by atoms with van der Waals surface area (Å²) in [6.07, 6.45) is 4.39. The summed E-state index contributed by atoms with van der Waals surface area (Å²) < 4.78 is 16.1. The standard InChI is InChI=1S/C23H26ClN3O5/c1-30-19-9-7-16(24)11-18(19)23(29)26-25-22(28)13-27(17-4-2-3-5-17)12-15-6-8-20-21(10-15)32-14-31-20/h6-11,17H,2-5,12-14H2,1H3,(H,25,28)(H,26,29). The molecule has 0 spiro atoms. The van der Waals surface area contributed by atoms with Crippen LogP contribution < -0.4 is 25.1 Å². The second-order valence-corrected chi connectivity index (χ2v) is 8.31. The topological polar surface area (TPSA) is 89.1 Å². The predicted octanol–water partition coefficient (Wildman–Crippen LogP) is 3.28. The zero-order valence-corrected chi connectivity index (χ0v) is 18.6. The second-order valence-electron chi connectivity index (χ2n) is 7.88. The van der Waals surface area contributed by atoms with Gasteiger partial charge in [0.1, 0.15) is 5.75 Å². The molecule has 0 aromatic heterocycles. The molecule has 9 heteroatoms. The molecule has 1 saturated carbocycles. The number of rotatable bonds is 7. The van der Waals surface area contributed by atoms with Crippen molar-refractivity contribution >= 4 is 23.4 Å². The van der Waals surface area contributed by atoms with E-state index in [1.54, 1.807) is 12.1 Å². The number of hydrogen-bond acceptors (Lipinski definition) is 6. The molecule has 0 bridgehead atoms. The Morgan fingerprint density at radius 3 is 2.66 bits per heavy atom. The van der Waals surface area contributed by atoms with E-state index in [-0.39, 0.29) is 24.8 Å². The van der Waals surface area contributed by atoms with Crippen molar-refractivity contribution in [2.75, 3.05) is 20.4 Å². The average molecular weight is 460 g/mol. The molecule has 1 aliphatic carbocycles. The van der Waals surface area contributed by atoms with Gasteiger partial charge in [0.2, 0.25) is 6.79 Å². The van der Waals surface area contributed by atoms with E-state index in [9.17, 15) is 9.59 Å². The highest BCUT2D eigenvalue weighted by Gasteiger charge is 2.25. The van der Waals surface area contributed by atoms with Crippen LogP contribution in [0.25, 0.3) is 0 Å². The predicted molar refractivity (Wildman–Crippen MR) is 119 cm³/mol. The van der Waals surface area contributed by atoms with Crippen molar-refractivity contribution in [3.05, 3.63) is 52.5 Å². The van der Waals surface area contributed by atoms with Gasteiger partial charge in [0.15, 0.2) is 11.5 Å². The molecular formula is C23H26ClN3O5. The van der Waals surface area contributed by atoms with Gasteiger partial charge in [-0.15, -0.1) is 0 Å². The molecule has 2 aromatic carbocycles. The van der Waals surface area contributed by atoms with Crippen molar-refractivity contribution in [1.82, 2.24) is 15.8 Å². The number of benzene rings is 2. The number of nitrogens with zero attached hydrogens (tertiary/aromatic N) is 1. The Labute approximate surface area is 191 Å². The van der Waals surface area contributed by atoms with E-state index in [2.05, 4.69) is 15.8 Å². The number of methoxy groups -OCH3 is 1. The second kappa shape index (κ2) is 10.1. The summed E-state index contributed by atoms with van der Waals surface area (Å²) in [5.41, 5.74) is 6.25. The lowest BCUT2D eigenvalue weighted by Gasteiger charge is -2.28. The molecule has 2 aliphatic rings. The van der Waals surface area contributed by atoms with Crippen molar-refractivity contribution < 1.29 is 23.8 Å². The van der Waals surface area contributed by atoms with Crippen LogP contribution >= 0.6 is 11.6 Å². The van der Waals surface area contributed by atoms with E-state index in [0.29, 0.717) is 23.4 Å². The largest absolute Gasteiger partial charge is 0.496 e. The molecule has 1 fully saturated rings. The first-order valence-electron chi connectivity index (χ1n) is 10.6. The molecule has 170 valence electrons. The molecule has 1 aliphatic heterocycles. The summed E-state index contributed by atoms with van der Waals surface area (Å²) in [7, 11) is 1.47. The molecule has 1 heterocycles. The summed E-state index contributed by atoms with van der Waals surface area (Å²) in [5.74, 6) is 1.03. The summed E-state index contributed by atoms with van der Waals surface area (Å²) in [4.78, 5) is 27.3. The Hall–Kier alpha value is -2.97. The maximum absolute atomic E-state index is 12.7. The zero-order valence-electron chi connectivity index (χ0n) is 17.9. The number of carbonyl (C=O) groups excluding carboxylic acids is 2. The van der Waals surface area contributed by atoms with Gasteiger partial charge in [-0.2, -0.15) is 0 Å². The van der Waals surface area contributed by atoms with Crippen LogP contribution in [0, 0.1) is 0 Å². The fourth-order valence-corrected chi connectivity index (χ4v) is 4.30. The normalized spacial score (nSPS) is 15.1. The van der Waals surface area contributed by atoms with Crippen molar-refractivity contribution in [2.45, 2.75) is 38.3 Å². The molecular weight excluding hydrogens is 434 g/mol. The van der Waals surface area contributed by atoms with Crippen LogP contribution in [-0.2, 0) is 11.3 Å². The molecule has 2 N–H and O–H groups in total. The molecule has 8 nitrogen and oxygen atoms in total. The number of fused-ring (bicyclic) bond motifs is 1. The fourth-order valence-electron chi connectivity index (χ4n) is 4.13. The number of nitrogens with one attached hydrogen (secondary N) is 2. The number of halogens is 1. The molecule has 0 saturated heterocycles. The van der Waals surface area contributed by atoms with Gasteiger partial charge in [0.25, 0.3) is 11.8 Å². The first-order chi connectivity index (χ1) is 15.5. The van der Waals surface area contributed by atoms with Gasteiger partial charge in [-0.1, -0.05) is 30.5 Å². The van der Waals surface area contributed by atoms with Crippen LogP contribution in [0.1, 0.15) is 41.6 Å². The third kappa shape index (κ3) is 5.26. The van der Waals surface area contributed by atoms with Crippen molar-refractivity contribution in [3.8, 4) is 17.2 Å². The maximum atomic E-state index is 12.7. The highest BCUT2D eigenvalue weighted by molar-refractivity contribution is 6.31. The Bertz CT molecular complexity index is 994. The molecule has 0 atom stereocenters. The van der Waals surface area contributed by atoms with E-state index < -0.39 is 5.91 Å². The number of hydrogen-bond donors (Lipinski definition) is 2. The SMILES string of the molecule is COc1ccc(Cl)cc1C(=O)NNC(=O)CN(Cc1ccc2c(c1)OCO2)C1CCCC1. The van der Waals surface area contributed by atoms with Gasteiger partial charge in [-0.25, -0.2) is 0 Å². The van der Waals surface area contributed by atoms with Gasteiger partial charge < -0.3 is 14.2 Å². The molecule has 0 unspecified atom stereocenters. The first-order valence-corrected chi connectivity index (χ1v) is 11.0. The quantitative estimate of drug-likeness (QED) is 0.618. The summed E-state index contributed by atoms with van der Waals surface area (Å²) in [6.45, 7) is 0.988. The Kier molecular flexibility index (Phi) is 7.02. The van der Waals surface area contributed by atoms with Gasteiger partial charge >= 0.3 is 0 Å². The van der Waals surface area contributed by atoms with Crippen molar-refractivity contribution in [1.29, 1.82) is 0 Å². The van der Waals surface area contributed by atoms with Gasteiger partial charge in [0.05, 0.1) is 19.2 Å². The highest BCUT2D eigenvalue weighted by atomic mass is 35.5. The maximum Gasteiger partial charge on any atom is 0.273 e. The third-order valence-electron chi connectivity index (χ3n) is 5.73. The van der Waals surface area contributed by atoms with E-state index in [1.165, 1.54) is 13.2 Å². The summed E-state index contributed by atoms with van der Waals surface area (Å²) in [5, 5.41) is 0.401.